The normalized spacial score (nSPS) is 52.6. The van der Waals surface area contributed by atoms with Crippen LogP contribution in [0.5, 0.6) is 0 Å². The highest BCUT2D eigenvalue weighted by Crippen LogP contribution is 2.36. The SMILES string of the molecule is OC[C@H]1OC[C@](O)(C(O)[C@H]2O[C@@](O)(CO)[C@@H](O)[C@@H]2O)[C@@H](O)[C@@H]1O. The molecule has 2 saturated heterocycles. The van der Waals surface area contributed by atoms with Crippen LogP contribution in [0.1, 0.15) is 0 Å². The third-order valence-electron chi connectivity index (χ3n) is 4.44. The molecule has 0 aromatic heterocycles. The highest BCUT2D eigenvalue weighted by Gasteiger charge is 2.62. The molecule has 2 heterocycles. The summed E-state index contributed by atoms with van der Waals surface area (Å²) in [5.74, 6) is -2.56. The third-order valence-corrected chi connectivity index (χ3v) is 4.44. The number of hydrogen-bond acceptors (Lipinski definition) is 11. The van der Waals surface area contributed by atoms with Crippen molar-refractivity contribution >= 4 is 0 Å². The van der Waals surface area contributed by atoms with Gasteiger partial charge in [-0.05, 0) is 0 Å². The molecule has 23 heavy (non-hydrogen) atoms. The van der Waals surface area contributed by atoms with Gasteiger partial charge in [0.2, 0.25) is 5.79 Å². The van der Waals surface area contributed by atoms with E-state index in [9.17, 15) is 35.7 Å². The molecule has 2 rings (SSSR count). The first-order valence-corrected chi connectivity index (χ1v) is 6.98. The minimum atomic E-state index is -2.56. The van der Waals surface area contributed by atoms with Crippen molar-refractivity contribution in [2.75, 3.05) is 19.8 Å². The van der Waals surface area contributed by atoms with Crippen molar-refractivity contribution in [1.29, 1.82) is 0 Å². The van der Waals surface area contributed by atoms with Gasteiger partial charge in [-0.15, -0.1) is 0 Å². The molecule has 0 aliphatic carbocycles. The van der Waals surface area contributed by atoms with Gasteiger partial charge in [-0.3, -0.25) is 0 Å². The molecule has 0 amide bonds. The summed E-state index contributed by atoms with van der Waals surface area (Å²) in [6, 6.07) is 0. The second-order valence-corrected chi connectivity index (χ2v) is 5.92. The van der Waals surface area contributed by atoms with Crippen LogP contribution in [-0.2, 0) is 9.47 Å². The molecule has 136 valence electrons. The molecule has 9 N–H and O–H groups in total. The molecule has 0 aromatic rings. The molecule has 11 nitrogen and oxygen atoms in total. The lowest BCUT2D eigenvalue weighted by molar-refractivity contribution is -0.299. The summed E-state index contributed by atoms with van der Waals surface area (Å²) in [4.78, 5) is 0. The molecular formula is C12H22O11. The van der Waals surface area contributed by atoms with E-state index in [2.05, 4.69) is 0 Å². The van der Waals surface area contributed by atoms with Gasteiger partial charge in [0.25, 0.3) is 0 Å². The van der Waals surface area contributed by atoms with E-state index >= 15 is 0 Å². The van der Waals surface area contributed by atoms with Crippen molar-refractivity contribution in [2.24, 2.45) is 0 Å². The van der Waals surface area contributed by atoms with Crippen LogP contribution in [0.25, 0.3) is 0 Å². The average molecular weight is 342 g/mol. The number of hydrogen-bond donors (Lipinski definition) is 9. The van der Waals surface area contributed by atoms with Crippen LogP contribution < -0.4 is 0 Å². The van der Waals surface area contributed by atoms with E-state index in [1.807, 2.05) is 0 Å². The Labute approximate surface area is 130 Å². The van der Waals surface area contributed by atoms with Crippen molar-refractivity contribution in [3.05, 3.63) is 0 Å². The van der Waals surface area contributed by atoms with Gasteiger partial charge in [-0.25, -0.2) is 0 Å². The van der Waals surface area contributed by atoms with Crippen LogP contribution in [0, 0.1) is 0 Å². The number of aliphatic hydroxyl groups excluding tert-OH is 7. The van der Waals surface area contributed by atoms with Crippen LogP contribution in [0.15, 0.2) is 0 Å². The highest BCUT2D eigenvalue weighted by atomic mass is 16.7. The van der Waals surface area contributed by atoms with Gasteiger partial charge in [0.05, 0.1) is 19.8 Å². The maximum Gasteiger partial charge on any atom is 0.219 e. The van der Waals surface area contributed by atoms with E-state index in [4.69, 9.17) is 19.7 Å². The minimum Gasteiger partial charge on any atom is -0.394 e. The van der Waals surface area contributed by atoms with Gasteiger partial charge in [0, 0.05) is 0 Å². The van der Waals surface area contributed by atoms with Crippen molar-refractivity contribution in [2.45, 2.75) is 54.1 Å². The second-order valence-electron chi connectivity index (χ2n) is 5.92. The zero-order valence-corrected chi connectivity index (χ0v) is 12.0. The summed E-state index contributed by atoms with van der Waals surface area (Å²) in [7, 11) is 0. The van der Waals surface area contributed by atoms with Crippen molar-refractivity contribution in [1.82, 2.24) is 0 Å². The summed E-state index contributed by atoms with van der Waals surface area (Å²) in [6.07, 6.45) is -12.7. The Balaban J connectivity index is 2.21. The molecule has 1 unspecified atom stereocenters. The van der Waals surface area contributed by atoms with Gasteiger partial charge >= 0.3 is 0 Å². The van der Waals surface area contributed by atoms with Gasteiger partial charge < -0.3 is 55.4 Å². The smallest absolute Gasteiger partial charge is 0.219 e. The van der Waals surface area contributed by atoms with Crippen LogP contribution in [0.2, 0.25) is 0 Å². The fraction of sp³-hybridized carbons (Fsp3) is 1.00. The quantitative estimate of drug-likeness (QED) is 0.235. The first kappa shape index (κ1) is 18.9. The fourth-order valence-electron chi connectivity index (χ4n) is 2.83. The Bertz CT molecular complexity index is 422. The second kappa shape index (κ2) is 6.46. The summed E-state index contributed by atoms with van der Waals surface area (Å²) in [5, 5.41) is 87.7. The standard InChI is InChI=1S/C12H22O11/c13-1-4-5(15)8(17)11(20,3-22-4)10(19)7-6(16)9(18)12(21,2-14)23-7/h4-10,13-21H,1-3H2/t4-,5-,6-,7+,8+,9+,10?,11-,12+/m1/s1. The Morgan fingerprint density at radius 3 is 2.09 bits per heavy atom. The summed E-state index contributed by atoms with van der Waals surface area (Å²) in [6.45, 7) is -2.46. The topological polar surface area (TPSA) is 201 Å². The molecule has 2 aliphatic heterocycles. The van der Waals surface area contributed by atoms with Crippen molar-refractivity contribution < 1.29 is 55.4 Å². The monoisotopic (exact) mass is 342 g/mol. The van der Waals surface area contributed by atoms with E-state index in [1.54, 1.807) is 0 Å². The van der Waals surface area contributed by atoms with E-state index in [-0.39, 0.29) is 0 Å². The molecule has 0 saturated carbocycles. The van der Waals surface area contributed by atoms with Crippen LogP contribution >= 0.6 is 0 Å². The van der Waals surface area contributed by atoms with Crippen LogP contribution in [0.3, 0.4) is 0 Å². The maximum absolute atomic E-state index is 10.4. The molecule has 11 heteroatoms. The number of ether oxygens (including phenoxy) is 2. The lowest BCUT2D eigenvalue weighted by Crippen LogP contribution is -2.69. The largest absolute Gasteiger partial charge is 0.394 e. The molecule has 0 bridgehead atoms. The molecule has 0 radical (unpaired) electrons. The summed E-state index contributed by atoms with van der Waals surface area (Å²) >= 11 is 0. The van der Waals surface area contributed by atoms with Crippen LogP contribution in [-0.4, -0.2) is 120 Å². The Morgan fingerprint density at radius 1 is 1.00 bits per heavy atom. The lowest BCUT2D eigenvalue weighted by atomic mass is 9.80. The number of rotatable bonds is 4. The van der Waals surface area contributed by atoms with E-state index in [0.29, 0.717) is 0 Å². The Hall–Kier alpha value is -0.440. The van der Waals surface area contributed by atoms with E-state index in [1.165, 1.54) is 0 Å². The molecule has 9 atom stereocenters. The predicted molar refractivity (Wildman–Crippen MR) is 68.7 cm³/mol. The van der Waals surface area contributed by atoms with Crippen molar-refractivity contribution in [3.63, 3.8) is 0 Å². The zero-order chi connectivity index (χ0) is 17.6. The van der Waals surface area contributed by atoms with Gasteiger partial charge in [0.15, 0.2) is 0 Å². The maximum atomic E-state index is 10.4. The first-order valence-electron chi connectivity index (χ1n) is 6.98. The predicted octanol–water partition coefficient (Wildman–Crippen LogP) is -6.01. The summed E-state index contributed by atoms with van der Waals surface area (Å²) in [5.41, 5.74) is -2.52. The Morgan fingerprint density at radius 2 is 1.61 bits per heavy atom. The first-order chi connectivity index (χ1) is 10.6. The zero-order valence-electron chi connectivity index (χ0n) is 12.0. The molecule has 0 aromatic carbocycles. The highest BCUT2D eigenvalue weighted by molar-refractivity contribution is 5.09. The van der Waals surface area contributed by atoms with Crippen molar-refractivity contribution in [3.8, 4) is 0 Å². The fourth-order valence-corrected chi connectivity index (χ4v) is 2.83. The van der Waals surface area contributed by atoms with E-state index < -0.39 is 73.9 Å². The van der Waals surface area contributed by atoms with Crippen LogP contribution in [0.4, 0.5) is 0 Å². The van der Waals surface area contributed by atoms with Gasteiger partial charge in [-0.1, -0.05) is 0 Å². The van der Waals surface area contributed by atoms with Gasteiger partial charge in [0.1, 0.15) is 48.3 Å². The third kappa shape index (κ3) is 2.88. The van der Waals surface area contributed by atoms with Gasteiger partial charge in [-0.2, -0.15) is 0 Å². The minimum absolute atomic E-state index is 0.643. The summed E-state index contributed by atoms with van der Waals surface area (Å²) < 4.78 is 9.80. The molecule has 0 spiro atoms. The lowest BCUT2D eigenvalue weighted by Gasteiger charge is -2.46. The average Bonchev–Trinajstić information content (AvgIpc) is 2.77. The molecular weight excluding hydrogens is 320 g/mol. The Kier molecular flexibility index (Phi) is 5.31. The molecule has 2 aliphatic rings. The molecule has 2 fully saturated rings. The van der Waals surface area contributed by atoms with E-state index in [0.717, 1.165) is 0 Å². The number of aliphatic hydroxyl groups is 9.